The minimum absolute atomic E-state index is 0.00135. The molecule has 0 N–H and O–H groups in total. The van der Waals surface area contributed by atoms with Crippen LogP contribution in [0.1, 0.15) is 20.8 Å². The molecule has 0 radical (unpaired) electrons. The first-order chi connectivity index (χ1) is 13.3. The molecule has 3 aromatic rings. The minimum Gasteiger partial charge on any atom is -0.479 e. The van der Waals surface area contributed by atoms with Crippen LogP contribution in [0.15, 0.2) is 48.8 Å². The molecule has 0 saturated carbocycles. The van der Waals surface area contributed by atoms with Gasteiger partial charge in [0.2, 0.25) is 0 Å². The number of nitrogens with zero attached hydrogens (tertiary/aromatic N) is 3. The van der Waals surface area contributed by atoms with Crippen molar-refractivity contribution in [3.05, 3.63) is 58.9 Å². The van der Waals surface area contributed by atoms with E-state index < -0.39 is 17.0 Å². The van der Waals surface area contributed by atoms with Crippen LogP contribution in [0.5, 0.6) is 5.75 Å². The van der Waals surface area contributed by atoms with Crippen molar-refractivity contribution < 1.29 is 19.2 Å². The molecular formula is C20H21N3O5. The normalized spacial score (nSPS) is 12.1. The van der Waals surface area contributed by atoms with Crippen molar-refractivity contribution >= 4 is 17.3 Å². The smallest absolute Gasteiger partial charge is 0.347 e. The number of aromatic nitrogens is 2. The van der Waals surface area contributed by atoms with Gasteiger partial charge < -0.3 is 9.47 Å². The molecule has 28 heavy (non-hydrogen) atoms. The van der Waals surface area contributed by atoms with Crippen LogP contribution in [0, 0.1) is 16.0 Å². The van der Waals surface area contributed by atoms with Gasteiger partial charge in [-0.15, -0.1) is 0 Å². The molecule has 1 aromatic carbocycles. The first-order valence-corrected chi connectivity index (χ1v) is 8.90. The molecule has 0 amide bonds. The van der Waals surface area contributed by atoms with Crippen LogP contribution in [0.4, 0.5) is 5.69 Å². The largest absolute Gasteiger partial charge is 0.479 e. The molecule has 0 spiro atoms. The summed E-state index contributed by atoms with van der Waals surface area (Å²) in [6, 6.07) is 10.1. The lowest BCUT2D eigenvalue weighted by Gasteiger charge is -2.15. The number of pyridine rings is 1. The molecule has 2 heterocycles. The first kappa shape index (κ1) is 19.3. The van der Waals surface area contributed by atoms with Gasteiger partial charge in [0.15, 0.2) is 6.10 Å². The number of fused-ring (bicyclic) bond motifs is 1. The van der Waals surface area contributed by atoms with Crippen molar-refractivity contribution in [2.45, 2.75) is 26.9 Å². The molecule has 0 aliphatic carbocycles. The standard InChI is InChI=1S/C20H21N3O5/c1-13(2)12-27-20(24)14(3)28-17-7-4-15(5-8-17)18-11-22-10-16(23(25)26)6-9-19(22)21-18/h4-11,13-14H,12H2,1-3H3. The molecule has 8 heteroatoms. The van der Waals surface area contributed by atoms with Gasteiger partial charge in [0.05, 0.1) is 23.4 Å². The van der Waals surface area contributed by atoms with Gasteiger partial charge >= 0.3 is 5.97 Å². The Balaban J connectivity index is 1.71. The molecule has 8 nitrogen and oxygen atoms in total. The zero-order valence-corrected chi connectivity index (χ0v) is 15.9. The number of nitro groups is 1. The fourth-order valence-electron chi connectivity index (χ4n) is 2.55. The molecule has 0 saturated heterocycles. The summed E-state index contributed by atoms with van der Waals surface area (Å²) in [7, 11) is 0. The Morgan fingerprint density at radius 2 is 1.86 bits per heavy atom. The van der Waals surface area contributed by atoms with E-state index in [1.54, 1.807) is 35.7 Å². The molecule has 0 aliphatic heterocycles. The molecule has 3 rings (SSSR count). The van der Waals surface area contributed by atoms with Crippen molar-refractivity contribution in [1.29, 1.82) is 0 Å². The number of esters is 1. The Bertz CT molecular complexity index is 995. The van der Waals surface area contributed by atoms with Crippen LogP contribution >= 0.6 is 0 Å². The second-order valence-corrected chi connectivity index (χ2v) is 6.84. The first-order valence-electron chi connectivity index (χ1n) is 8.90. The minimum atomic E-state index is -0.708. The Morgan fingerprint density at radius 1 is 1.14 bits per heavy atom. The van der Waals surface area contributed by atoms with Gasteiger partial charge in [-0.25, -0.2) is 9.78 Å². The average molecular weight is 383 g/mol. The van der Waals surface area contributed by atoms with Gasteiger partial charge in [-0.1, -0.05) is 13.8 Å². The zero-order chi connectivity index (χ0) is 20.3. The predicted molar refractivity (Wildman–Crippen MR) is 103 cm³/mol. The van der Waals surface area contributed by atoms with Crippen LogP contribution in [0.2, 0.25) is 0 Å². The molecule has 2 aromatic heterocycles. The van der Waals surface area contributed by atoms with Gasteiger partial charge in [-0.2, -0.15) is 0 Å². The zero-order valence-electron chi connectivity index (χ0n) is 15.9. The number of ether oxygens (including phenoxy) is 2. The second kappa shape index (κ2) is 8.08. The Labute approximate surface area is 161 Å². The van der Waals surface area contributed by atoms with Gasteiger partial charge in [0.25, 0.3) is 5.69 Å². The fraction of sp³-hybridized carbons (Fsp3) is 0.300. The van der Waals surface area contributed by atoms with E-state index in [4.69, 9.17) is 9.47 Å². The maximum absolute atomic E-state index is 11.9. The highest BCUT2D eigenvalue weighted by atomic mass is 16.6. The summed E-state index contributed by atoms with van der Waals surface area (Å²) in [5.41, 5.74) is 2.12. The molecule has 1 atom stereocenters. The maximum atomic E-state index is 11.9. The fourth-order valence-corrected chi connectivity index (χ4v) is 2.55. The molecule has 1 unspecified atom stereocenters. The number of carbonyl (C=O) groups excluding carboxylic acids is 1. The topological polar surface area (TPSA) is 96.0 Å². The van der Waals surface area contributed by atoms with Crippen LogP contribution in [-0.4, -0.2) is 33.0 Å². The summed E-state index contributed by atoms with van der Waals surface area (Å²) in [6.45, 7) is 5.94. The second-order valence-electron chi connectivity index (χ2n) is 6.84. The van der Waals surface area contributed by atoms with Gasteiger partial charge in [0, 0.05) is 17.8 Å². The van der Waals surface area contributed by atoms with Crippen molar-refractivity contribution in [3.8, 4) is 17.0 Å². The number of hydrogen-bond acceptors (Lipinski definition) is 6. The SMILES string of the molecule is CC(C)COC(=O)C(C)Oc1ccc(-c2cn3cc([N+](=O)[O-])ccc3n2)cc1. The van der Waals surface area contributed by atoms with E-state index in [1.165, 1.54) is 12.3 Å². The number of hydrogen-bond donors (Lipinski definition) is 0. The van der Waals surface area contributed by atoms with Crippen LogP contribution in [0.25, 0.3) is 16.9 Å². The lowest BCUT2D eigenvalue weighted by atomic mass is 10.1. The Morgan fingerprint density at radius 3 is 2.50 bits per heavy atom. The Kier molecular flexibility index (Phi) is 5.58. The highest BCUT2D eigenvalue weighted by Crippen LogP contribution is 2.24. The quantitative estimate of drug-likeness (QED) is 0.349. The van der Waals surface area contributed by atoms with Crippen molar-refractivity contribution in [2.75, 3.05) is 6.61 Å². The third-order valence-corrected chi connectivity index (χ3v) is 4.00. The number of imidazole rings is 1. The highest BCUT2D eigenvalue weighted by Gasteiger charge is 2.17. The lowest BCUT2D eigenvalue weighted by molar-refractivity contribution is -0.385. The third-order valence-electron chi connectivity index (χ3n) is 4.00. The van der Waals surface area contributed by atoms with E-state index in [9.17, 15) is 14.9 Å². The molecule has 0 bridgehead atoms. The predicted octanol–water partition coefficient (Wildman–Crippen LogP) is 3.88. The summed E-state index contributed by atoms with van der Waals surface area (Å²) < 4.78 is 12.4. The van der Waals surface area contributed by atoms with E-state index in [0.29, 0.717) is 23.7 Å². The van der Waals surface area contributed by atoms with Gasteiger partial charge in [0.1, 0.15) is 11.4 Å². The summed E-state index contributed by atoms with van der Waals surface area (Å²) >= 11 is 0. The summed E-state index contributed by atoms with van der Waals surface area (Å²) in [5, 5.41) is 10.9. The molecule has 0 aliphatic rings. The van der Waals surface area contributed by atoms with Crippen LogP contribution in [-0.2, 0) is 9.53 Å². The molecular weight excluding hydrogens is 362 g/mol. The summed E-state index contributed by atoms with van der Waals surface area (Å²) in [4.78, 5) is 26.8. The van der Waals surface area contributed by atoms with E-state index in [2.05, 4.69) is 4.98 Å². The van der Waals surface area contributed by atoms with E-state index in [0.717, 1.165) is 5.56 Å². The van der Waals surface area contributed by atoms with Crippen LogP contribution in [0.3, 0.4) is 0 Å². The van der Waals surface area contributed by atoms with Gasteiger partial charge in [-0.05, 0) is 43.2 Å². The average Bonchev–Trinajstić information content (AvgIpc) is 3.09. The summed E-state index contributed by atoms with van der Waals surface area (Å²) in [5.74, 6) is 0.402. The number of benzene rings is 1. The summed E-state index contributed by atoms with van der Waals surface area (Å²) in [6.07, 6.45) is 2.44. The molecule has 146 valence electrons. The maximum Gasteiger partial charge on any atom is 0.347 e. The third kappa shape index (κ3) is 4.46. The van der Waals surface area contributed by atoms with Gasteiger partial charge in [-0.3, -0.25) is 14.5 Å². The van der Waals surface area contributed by atoms with Crippen molar-refractivity contribution in [2.24, 2.45) is 5.92 Å². The number of rotatable bonds is 7. The number of carbonyl (C=O) groups is 1. The monoisotopic (exact) mass is 383 g/mol. The van der Waals surface area contributed by atoms with E-state index in [1.807, 2.05) is 26.0 Å². The lowest BCUT2D eigenvalue weighted by Crippen LogP contribution is -2.27. The van der Waals surface area contributed by atoms with Crippen molar-refractivity contribution in [3.63, 3.8) is 0 Å². The van der Waals surface area contributed by atoms with Crippen molar-refractivity contribution in [1.82, 2.24) is 9.38 Å². The van der Waals surface area contributed by atoms with E-state index >= 15 is 0 Å². The highest BCUT2D eigenvalue weighted by molar-refractivity contribution is 5.74. The molecule has 0 fully saturated rings. The van der Waals surface area contributed by atoms with E-state index in [-0.39, 0.29) is 11.6 Å². The van der Waals surface area contributed by atoms with Crippen LogP contribution < -0.4 is 4.74 Å². The Hall–Kier alpha value is -3.42.